The molecule has 1 aromatic heterocycles. The number of carbonyl (C=O) groups is 2. The zero-order valence-corrected chi connectivity index (χ0v) is 16.3. The van der Waals surface area contributed by atoms with E-state index in [1.807, 2.05) is 0 Å². The van der Waals surface area contributed by atoms with Crippen molar-refractivity contribution in [3.63, 3.8) is 0 Å². The van der Waals surface area contributed by atoms with Crippen LogP contribution in [0.1, 0.15) is 52.5 Å². The van der Waals surface area contributed by atoms with E-state index in [-0.39, 0.29) is 28.9 Å². The lowest BCUT2D eigenvalue weighted by atomic mass is 10.1. The molecule has 9 nitrogen and oxygen atoms in total. The van der Waals surface area contributed by atoms with Gasteiger partial charge in [-0.05, 0) is 32.1 Å². The monoisotopic (exact) mass is 398 g/mol. The summed E-state index contributed by atoms with van der Waals surface area (Å²) < 4.78 is 30.0. The Labute approximate surface area is 158 Å². The maximum Gasteiger partial charge on any atom is 0.287 e. The standard InChI is InChI=1S/C17H26N4O5S/c1-26-9-4-7-18-16(22)14-13-5-2-3-8-21(13)15(20-14)17(23)19-12-6-10-27(24,25)11-12/h12H,2-11H2,1H3,(H,18,22)(H,19,23). The summed E-state index contributed by atoms with van der Waals surface area (Å²) >= 11 is 0. The first-order valence-corrected chi connectivity index (χ1v) is 11.1. The van der Waals surface area contributed by atoms with Gasteiger partial charge in [0.05, 0.1) is 17.2 Å². The highest BCUT2D eigenvalue weighted by Crippen LogP contribution is 2.22. The van der Waals surface area contributed by atoms with Crippen LogP contribution in [-0.4, -0.2) is 67.6 Å². The van der Waals surface area contributed by atoms with Gasteiger partial charge in [-0.1, -0.05) is 0 Å². The second-order valence-electron chi connectivity index (χ2n) is 7.02. The van der Waals surface area contributed by atoms with Gasteiger partial charge in [-0.25, -0.2) is 13.4 Å². The number of nitrogens with one attached hydrogen (secondary N) is 2. The van der Waals surface area contributed by atoms with Gasteiger partial charge in [0.2, 0.25) is 0 Å². The molecule has 2 amide bonds. The van der Waals surface area contributed by atoms with Gasteiger partial charge in [0.1, 0.15) is 5.69 Å². The molecule has 1 saturated heterocycles. The van der Waals surface area contributed by atoms with Crippen molar-refractivity contribution in [2.75, 3.05) is 31.8 Å². The number of carbonyl (C=O) groups excluding carboxylic acids is 2. The Kier molecular flexibility index (Phi) is 6.15. The van der Waals surface area contributed by atoms with Crippen LogP contribution in [0, 0.1) is 0 Å². The van der Waals surface area contributed by atoms with Crippen molar-refractivity contribution in [2.24, 2.45) is 0 Å². The lowest BCUT2D eigenvalue weighted by Crippen LogP contribution is -2.37. The van der Waals surface area contributed by atoms with Gasteiger partial charge in [-0.2, -0.15) is 0 Å². The first-order valence-electron chi connectivity index (χ1n) is 9.29. The van der Waals surface area contributed by atoms with E-state index in [1.54, 1.807) is 11.7 Å². The highest BCUT2D eigenvalue weighted by Gasteiger charge is 2.32. The number of rotatable bonds is 7. The quantitative estimate of drug-likeness (QED) is 0.619. The summed E-state index contributed by atoms with van der Waals surface area (Å²) in [5, 5.41) is 5.58. The van der Waals surface area contributed by atoms with E-state index < -0.39 is 21.8 Å². The molecule has 150 valence electrons. The van der Waals surface area contributed by atoms with Gasteiger partial charge in [-0.15, -0.1) is 0 Å². The lowest BCUT2D eigenvalue weighted by molar-refractivity contribution is 0.0925. The maximum absolute atomic E-state index is 12.7. The predicted molar refractivity (Wildman–Crippen MR) is 98.5 cm³/mol. The Balaban J connectivity index is 1.74. The molecule has 2 aliphatic heterocycles. The Bertz CT molecular complexity index is 818. The first kappa shape index (κ1) is 19.8. The van der Waals surface area contributed by atoms with Crippen LogP contribution in [0.15, 0.2) is 0 Å². The number of fused-ring (bicyclic) bond motifs is 1. The number of methoxy groups -OCH3 is 1. The molecular formula is C17H26N4O5S. The predicted octanol–water partition coefficient (Wildman–Crippen LogP) is -0.0974. The molecule has 2 N–H and O–H groups in total. The van der Waals surface area contributed by atoms with E-state index >= 15 is 0 Å². The van der Waals surface area contributed by atoms with Crippen LogP contribution in [-0.2, 0) is 27.5 Å². The topological polar surface area (TPSA) is 119 Å². The molecule has 27 heavy (non-hydrogen) atoms. The fraction of sp³-hybridized carbons (Fsp3) is 0.706. The molecule has 0 spiro atoms. The fourth-order valence-electron chi connectivity index (χ4n) is 3.56. The van der Waals surface area contributed by atoms with Crippen LogP contribution in [0.25, 0.3) is 0 Å². The maximum atomic E-state index is 12.7. The molecule has 0 radical (unpaired) electrons. The van der Waals surface area contributed by atoms with Crippen LogP contribution in [0.4, 0.5) is 0 Å². The minimum atomic E-state index is -3.08. The summed E-state index contributed by atoms with van der Waals surface area (Å²) in [5.74, 6) is -0.472. The Morgan fingerprint density at radius 1 is 1.30 bits per heavy atom. The minimum absolute atomic E-state index is 0.0425. The molecule has 0 aliphatic carbocycles. The fourth-order valence-corrected chi connectivity index (χ4v) is 5.23. The number of aromatic nitrogens is 2. The number of hydrogen-bond acceptors (Lipinski definition) is 6. The molecule has 0 bridgehead atoms. The Morgan fingerprint density at radius 3 is 2.81 bits per heavy atom. The molecule has 1 aromatic rings. The van der Waals surface area contributed by atoms with Gasteiger partial charge in [0.15, 0.2) is 15.7 Å². The molecular weight excluding hydrogens is 372 g/mol. The van der Waals surface area contributed by atoms with Gasteiger partial charge in [0.25, 0.3) is 11.8 Å². The van der Waals surface area contributed by atoms with Crippen LogP contribution in [0.2, 0.25) is 0 Å². The second-order valence-corrected chi connectivity index (χ2v) is 9.24. The summed E-state index contributed by atoms with van der Waals surface area (Å²) in [4.78, 5) is 29.5. The molecule has 1 unspecified atom stereocenters. The molecule has 3 heterocycles. The molecule has 1 atom stereocenters. The summed E-state index contributed by atoms with van der Waals surface area (Å²) in [6.45, 7) is 1.66. The van der Waals surface area contributed by atoms with Gasteiger partial charge >= 0.3 is 0 Å². The summed E-state index contributed by atoms with van der Waals surface area (Å²) in [7, 11) is -1.47. The van der Waals surface area contributed by atoms with E-state index in [4.69, 9.17) is 4.74 Å². The van der Waals surface area contributed by atoms with Crippen molar-refractivity contribution in [1.29, 1.82) is 0 Å². The number of sulfone groups is 1. The van der Waals surface area contributed by atoms with Crippen molar-refractivity contribution in [1.82, 2.24) is 20.2 Å². The molecule has 1 fully saturated rings. The van der Waals surface area contributed by atoms with E-state index in [9.17, 15) is 18.0 Å². The lowest BCUT2D eigenvalue weighted by Gasteiger charge is -2.18. The van der Waals surface area contributed by atoms with Crippen molar-refractivity contribution in [2.45, 2.75) is 44.7 Å². The number of hydrogen-bond donors (Lipinski definition) is 2. The molecule has 0 saturated carbocycles. The largest absolute Gasteiger partial charge is 0.385 e. The van der Waals surface area contributed by atoms with Gasteiger partial charge in [0, 0.05) is 32.8 Å². The van der Waals surface area contributed by atoms with Crippen LogP contribution in [0.3, 0.4) is 0 Å². The van der Waals surface area contributed by atoms with Gasteiger partial charge < -0.3 is 19.9 Å². The van der Waals surface area contributed by atoms with E-state index in [0.29, 0.717) is 39.0 Å². The SMILES string of the molecule is COCCCNC(=O)c1nc(C(=O)NC2CCS(=O)(=O)C2)n2c1CCCC2. The zero-order chi connectivity index (χ0) is 19.4. The van der Waals surface area contributed by atoms with E-state index in [2.05, 4.69) is 15.6 Å². The van der Waals surface area contributed by atoms with Crippen molar-refractivity contribution < 1.29 is 22.7 Å². The molecule has 0 aromatic carbocycles. The van der Waals surface area contributed by atoms with Gasteiger partial charge in [-0.3, -0.25) is 9.59 Å². The second kappa shape index (κ2) is 8.39. The highest BCUT2D eigenvalue weighted by molar-refractivity contribution is 7.91. The molecule has 10 heteroatoms. The minimum Gasteiger partial charge on any atom is -0.385 e. The van der Waals surface area contributed by atoms with Crippen LogP contribution in [0.5, 0.6) is 0 Å². The molecule has 3 rings (SSSR count). The molecule has 2 aliphatic rings. The highest BCUT2D eigenvalue weighted by atomic mass is 32.2. The third-order valence-electron chi connectivity index (χ3n) is 4.91. The number of nitrogens with zero attached hydrogens (tertiary/aromatic N) is 2. The summed E-state index contributed by atoms with van der Waals surface area (Å²) in [6, 6.07) is -0.398. The Morgan fingerprint density at radius 2 is 2.11 bits per heavy atom. The van der Waals surface area contributed by atoms with Crippen molar-refractivity contribution >= 4 is 21.7 Å². The summed E-state index contributed by atoms with van der Waals surface area (Å²) in [6.07, 6.45) is 3.66. The van der Waals surface area contributed by atoms with Crippen LogP contribution < -0.4 is 10.6 Å². The third kappa shape index (κ3) is 4.67. The normalized spacial score (nSPS) is 20.9. The summed E-state index contributed by atoms with van der Waals surface area (Å²) in [5.41, 5.74) is 1.06. The number of ether oxygens (including phenoxy) is 1. The van der Waals surface area contributed by atoms with E-state index in [0.717, 1.165) is 18.5 Å². The van der Waals surface area contributed by atoms with Crippen molar-refractivity contribution in [3.05, 3.63) is 17.2 Å². The first-order chi connectivity index (χ1) is 12.9. The zero-order valence-electron chi connectivity index (χ0n) is 15.5. The van der Waals surface area contributed by atoms with Crippen LogP contribution >= 0.6 is 0 Å². The number of amides is 2. The Hall–Kier alpha value is -1.94. The third-order valence-corrected chi connectivity index (χ3v) is 6.68. The smallest absolute Gasteiger partial charge is 0.287 e. The average molecular weight is 398 g/mol. The average Bonchev–Trinajstić information content (AvgIpc) is 3.18. The van der Waals surface area contributed by atoms with Crippen molar-refractivity contribution in [3.8, 4) is 0 Å². The van der Waals surface area contributed by atoms with E-state index in [1.165, 1.54) is 0 Å². The number of imidazole rings is 1.